The second-order valence-corrected chi connectivity index (χ2v) is 8.34. The first-order valence-corrected chi connectivity index (χ1v) is 11.0. The van der Waals surface area contributed by atoms with E-state index in [4.69, 9.17) is 23.7 Å². The standard InChI is InChI=1S/C21H24O9S.CH4/c1-25-16-6-4-12(8-18(16)27-3)20-14-10-29-21(15(14)11-28-20)13-5-7-17(26-2)19(9-13)30-31(22,23)24;/h4-9,14-15,20-21H,10-11H2,1-3H3,(H,22,23,24);1H4/p-1/t14?,15?,20-,21+;/m1./s1. The summed E-state index contributed by atoms with van der Waals surface area (Å²) in [6, 6.07) is 10.5. The van der Waals surface area contributed by atoms with Gasteiger partial charge < -0.3 is 32.4 Å². The minimum absolute atomic E-state index is 0. The van der Waals surface area contributed by atoms with E-state index in [1.54, 1.807) is 26.4 Å². The van der Waals surface area contributed by atoms with E-state index >= 15 is 0 Å². The molecule has 0 amide bonds. The molecule has 0 spiro atoms. The monoisotopic (exact) mass is 467 g/mol. The maximum atomic E-state index is 11.1. The number of methoxy groups -OCH3 is 3. The summed E-state index contributed by atoms with van der Waals surface area (Å²) >= 11 is 0. The zero-order valence-corrected chi connectivity index (χ0v) is 18.1. The highest BCUT2D eigenvalue weighted by molar-refractivity contribution is 7.81. The van der Waals surface area contributed by atoms with Crippen LogP contribution in [0, 0.1) is 11.8 Å². The molecule has 10 heteroatoms. The van der Waals surface area contributed by atoms with Crippen LogP contribution >= 0.6 is 0 Å². The molecule has 2 aliphatic rings. The van der Waals surface area contributed by atoms with Gasteiger partial charge in [-0.2, -0.15) is 0 Å². The molecule has 2 heterocycles. The molecule has 0 radical (unpaired) electrons. The first-order chi connectivity index (χ1) is 14.8. The molecule has 0 aliphatic carbocycles. The van der Waals surface area contributed by atoms with Gasteiger partial charge in [0.05, 0.1) is 46.8 Å². The van der Waals surface area contributed by atoms with Crippen LogP contribution in [0.3, 0.4) is 0 Å². The van der Waals surface area contributed by atoms with Crippen LogP contribution in [0.4, 0.5) is 0 Å². The molecule has 2 aromatic rings. The lowest BCUT2D eigenvalue weighted by molar-refractivity contribution is 0.0191. The number of ether oxygens (including phenoxy) is 5. The maximum Gasteiger partial charge on any atom is 0.262 e. The van der Waals surface area contributed by atoms with Crippen LogP contribution in [-0.4, -0.2) is 47.5 Å². The normalized spacial score (nSPS) is 24.4. The molecule has 2 aliphatic heterocycles. The zero-order valence-electron chi connectivity index (χ0n) is 17.3. The van der Waals surface area contributed by atoms with Gasteiger partial charge in [0.1, 0.15) is 0 Å². The minimum Gasteiger partial charge on any atom is -0.716 e. The number of rotatable bonds is 7. The third-order valence-corrected chi connectivity index (χ3v) is 6.09. The second kappa shape index (κ2) is 9.53. The Labute approximate surface area is 188 Å². The largest absolute Gasteiger partial charge is 0.716 e. The van der Waals surface area contributed by atoms with E-state index in [0.29, 0.717) is 30.3 Å². The highest BCUT2D eigenvalue weighted by atomic mass is 32.3. The fraction of sp³-hybridized carbons (Fsp3) is 0.455. The van der Waals surface area contributed by atoms with Gasteiger partial charge in [0, 0.05) is 11.8 Å². The zero-order chi connectivity index (χ0) is 22.2. The van der Waals surface area contributed by atoms with Crippen molar-refractivity contribution in [2.45, 2.75) is 19.6 Å². The maximum absolute atomic E-state index is 11.1. The Morgan fingerprint density at radius 3 is 1.66 bits per heavy atom. The van der Waals surface area contributed by atoms with Crippen LogP contribution < -0.4 is 18.4 Å². The Morgan fingerprint density at radius 1 is 0.781 bits per heavy atom. The van der Waals surface area contributed by atoms with Crippen molar-refractivity contribution >= 4 is 10.4 Å². The third kappa shape index (κ3) is 4.63. The summed E-state index contributed by atoms with van der Waals surface area (Å²) in [5.41, 5.74) is 1.65. The molecule has 4 atom stereocenters. The Balaban J connectivity index is 0.00000289. The predicted molar refractivity (Wildman–Crippen MR) is 114 cm³/mol. The van der Waals surface area contributed by atoms with Crippen molar-refractivity contribution < 1.29 is 40.8 Å². The summed E-state index contributed by atoms with van der Waals surface area (Å²) < 4.78 is 65.8. The predicted octanol–water partition coefficient (Wildman–Crippen LogP) is 3.26. The highest BCUT2D eigenvalue weighted by Crippen LogP contribution is 2.51. The number of benzene rings is 2. The molecule has 2 aromatic carbocycles. The van der Waals surface area contributed by atoms with Gasteiger partial charge in [-0.3, -0.25) is 0 Å². The van der Waals surface area contributed by atoms with Crippen molar-refractivity contribution in [2.24, 2.45) is 11.8 Å². The molecular formula is C22H27O9S-. The summed E-state index contributed by atoms with van der Waals surface area (Å²) in [6.07, 6.45) is -0.511. The van der Waals surface area contributed by atoms with Gasteiger partial charge in [0.25, 0.3) is 10.4 Å². The van der Waals surface area contributed by atoms with Gasteiger partial charge in [-0.25, -0.2) is 8.42 Å². The average molecular weight is 468 g/mol. The molecule has 2 fully saturated rings. The fourth-order valence-corrected chi connectivity index (χ4v) is 4.66. The Morgan fingerprint density at radius 2 is 1.22 bits per heavy atom. The van der Waals surface area contributed by atoms with E-state index in [0.717, 1.165) is 5.56 Å². The summed E-state index contributed by atoms with van der Waals surface area (Å²) in [7, 11) is -0.415. The van der Waals surface area contributed by atoms with Crippen LogP contribution in [0.2, 0.25) is 0 Å². The van der Waals surface area contributed by atoms with Crippen LogP contribution in [0.15, 0.2) is 36.4 Å². The first kappa shape index (κ1) is 24.1. The summed E-state index contributed by atoms with van der Waals surface area (Å²) in [5.74, 6) is 1.38. The number of hydrogen-bond acceptors (Lipinski definition) is 9. The molecular weight excluding hydrogens is 440 g/mol. The highest BCUT2D eigenvalue weighted by Gasteiger charge is 2.48. The van der Waals surface area contributed by atoms with Gasteiger partial charge in [-0.1, -0.05) is 19.6 Å². The van der Waals surface area contributed by atoms with Crippen molar-refractivity contribution in [1.82, 2.24) is 0 Å². The lowest BCUT2D eigenvalue weighted by atomic mass is 9.85. The molecule has 2 unspecified atom stereocenters. The lowest BCUT2D eigenvalue weighted by Gasteiger charge is -2.19. The smallest absolute Gasteiger partial charge is 0.262 e. The first-order valence-electron chi connectivity index (χ1n) is 9.63. The van der Waals surface area contributed by atoms with Crippen LogP contribution in [0.5, 0.6) is 23.0 Å². The van der Waals surface area contributed by atoms with Crippen molar-refractivity contribution in [1.29, 1.82) is 0 Å². The molecule has 9 nitrogen and oxygen atoms in total. The number of fused-ring (bicyclic) bond motifs is 1. The number of hydrogen-bond donors (Lipinski definition) is 0. The Kier molecular flexibility index (Phi) is 7.19. The Hall–Kier alpha value is -2.53. The van der Waals surface area contributed by atoms with Crippen LogP contribution in [0.1, 0.15) is 30.8 Å². The molecule has 2 saturated heterocycles. The van der Waals surface area contributed by atoms with E-state index < -0.39 is 10.4 Å². The van der Waals surface area contributed by atoms with Gasteiger partial charge in [0.2, 0.25) is 0 Å². The van der Waals surface area contributed by atoms with E-state index in [1.165, 1.54) is 13.2 Å². The van der Waals surface area contributed by atoms with Crippen molar-refractivity contribution in [3.05, 3.63) is 47.5 Å². The van der Waals surface area contributed by atoms with Gasteiger partial charge in [-0.05, 0) is 35.4 Å². The van der Waals surface area contributed by atoms with E-state index in [9.17, 15) is 13.0 Å². The average Bonchev–Trinajstić information content (AvgIpc) is 3.34. The summed E-state index contributed by atoms with van der Waals surface area (Å²) in [5, 5.41) is 0. The quantitative estimate of drug-likeness (QED) is 0.447. The van der Waals surface area contributed by atoms with Crippen LogP contribution in [0.25, 0.3) is 0 Å². The van der Waals surface area contributed by atoms with Gasteiger partial charge in [0.15, 0.2) is 23.0 Å². The minimum atomic E-state index is -4.94. The van der Waals surface area contributed by atoms with Crippen molar-refractivity contribution in [3.63, 3.8) is 0 Å². The molecule has 0 aromatic heterocycles. The van der Waals surface area contributed by atoms with E-state index in [-0.39, 0.29) is 43.0 Å². The van der Waals surface area contributed by atoms with Gasteiger partial charge >= 0.3 is 0 Å². The second-order valence-electron chi connectivity index (χ2n) is 7.35. The Bertz CT molecular complexity index is 1050. The molecule has 176 valence electrons. The summed E-state index contributed by atoms with van der Waals surface area (Å²) in [6.45, 7) is 0.937. The molecule has 32 heavy (non-hydrogen) atoms. The molecule has 0 saturated carbocycles. The fourth-order valence-electron chi connectivity index (χ4n) is 4.31. The summed E-state index contributed by atoms with van der Waals surface area (Å²) in [4.78, 5) is 0. The van der Waals surface area contributed by atoms with Crippen LogP contribution in [-0.2, 0) is 19.9 Å². The van der Waals surface area contributed by atoms with Gasteiger partial charge in [-0.15, -0.1) is 0 Å². The van der Waals surface area contributed by atoms with Crippen molar-refractivity contribution in [2.75, 3.05) is 34.5 Å². The third-order valence-electron chi connectivity index (χ3n) is 5.71. The van der Waals surface area contributed by atoms with E-state index in [2.05, 4.69) is 4.18 Å². The molecule has 4 rings (SSSR count). The SMILES string of the molecule is C.COc1ccc([C@H]2OCC3C2CO[C@H]3c2ccc(OC)c(OS(=O)(=O)[O-])c2)cc1OC. The topological polar surface area (TPSA) is 113 Å². The lowest BCUT2D eigenvalue weighted by Crippen LogP contribution is -2.15. The van der Waals surface area contributed by atoms with E-state index in [1.807, 2.05) is 18.2 Å². The molecule has 0 bridgehead atoms. The van der Waals surface area contributed by atoms with Crippen molar-refractivity contribution in [3.8, 4) is 23.0 Å². The molecule has 0 N–H and O–H groups in total.